The summed E-state index contributed by atoms with van der Waals surface area (Å²) in [5.41, 5.74) is 0.427. The van der Waals surface area contributed by atoms with Crippen molar-refractivity contribution in [2.45, 2.75) is 12.7 Å². The van der Waals surface area contributed by atoms with E-state index in [4.69, 9.17) is 9.47 Å². The first kappa shape index (κ1) is 10.8. The molecule has 76 valence electrons. The van der Waals surface area contributed by atoms with Gasteiger partial charge in [-0.05, 0) is 30.7 Å². The van der Waals surface area contributed by atoms with Gasteiger partial charge in [-0.1, -0.05) is 0 Å². The largest absolute Gasteiger partial charge is 0.344 e. The second-order valence-electron chi connectivity index (χ2n) is 2.96. The van der Waals surface area contributed by atoms with Crippen LogP contribution in [0.25, 0.3) is 0 Å². The number of allylic oxidation sites excluding steroid dienone is 2. The molecule has 0 amide bonds. The van der Waals surface area contributed by atoms with Crippen molar-refractivity contribution in [1.29, 1.82) is 0 Å². The van der Waals surface area contributed by atoms with Gasteiger partial charge in [0.25, 0.3) is 5.79 Å². The van der Waals surface area contributed by atoms with Crippen LogP contribution in [-0.4, -0.2) is 31.6 Å². The van der Waals surface area contributed by atoms with Crippen molar-refractivity contribution in [3.05, 3.63) is 23.8 Å². The Hall–Kier alpha value is -1.26. The van der Waals surface area contributed by atoms with Crippen LogP contribution in [0.1, 0.15) is 6.92 Å². The highest BCUT2D eigenvalue weighted by Crippen LogP contribution is 2.21. The second kappa shape index (κ2) is 3.86. The Bertz CT molecular complexity index is 321. The first-order valence-corrected chi connectivity index (χ1v) is 4.12. The van der Waals surface area contributed by atoms with E-state index in [2.05, 4.69) is 0 Å². The Morgan fingerprint density at radius 1 is 1.14 bits per heavy atom. The molecule has 0 unspecified atom stereocenters. The molecule has 0 aromatic rings. The lowest BCUT2D eigenvalue weighted by Gasteiger charge is -2.24. The van der Waals surface area contributed by atoms with E-state index in [1.807, 2.05) is 0 Å². The van der Waals surface area contributed by atoms with Gasteiger partial charge in [0.1, 0.15) is 0 Å². The number of hydrogen-bond acceptors (Lipinski definition) is 4. The van der Waals surface area contributed by atoms with Crippen molar-refractivity contribution in [1.82, 2.24) is 0 Å². The van der Waals surface area contributed by atoms with Crippen molar-refractivity contribution >= 4 is 11.6 Å². The standard InChI is InChI=1S/C10H12O4/c1-7-6-10(13-2,14-3)9(12)5-4-8(7)11/h4-6H,1-3H3. The van der Waals surface area contributed by atoms with Gasteiger partial charge in [-0.2, -0.15) is 0 Å². The van der Waals surface area contributed by atoms with Crippen molar-refractivity contribution in [2.24, 2.45) is 0 Å². The van der Waals surface area contributed by atoms with Crippen LogP contribution in [-0.2, 0) is 19.1 Å². The Kier molecular flexibility index (Phi) is 2.98. The molecule has 0 radical (unpaired) electrons. The predicted octanol–water partition coefficient (Wildman–Crippen LogP) is 0.630. The zero-order valence-electron chi connectivity index (χ0n) is 8.37. The summed E-state index contributed by atoms with van der Waals surface area (Å²) < 4.78 is 9.97. The lowest BCUT2D eigenvalue weighted by Crippen LogP contribution is -2.39. The van der Waals surface area contributed by atoms with E-state index in [-0.39, 0.29) is 5.78 Å². The summed E-state index contributed by atoms with van der Waals surface area (Å²) in [6.45, 7) is 1.61. The average molecular weight is 196 g/mol. The summed E-state index contributed by atoms with van der Waals surface area (Å²) in [4.78, 5) is 22.8. The molecule has 1 rings (SSSR count). The van der Waals surface area contributed by atoms with Crippen molar-refractivity contribution in [2.75, 3.05) is 14.2 Å². The van der Waals surface area contributed by atoms with Crippen molar-refractivity contribution in [3.63, 3.8) is 0 Å². The van der Waals surface area contributed by atoms with Gasteiger partial charge in [0.2, 0.25) is 5.78 Å². The molecule has 0 aromatic carbocycles. The third-order valence-corrected chi connectivity index (χ3v) is 2.13. The fourth-order valence-electron chi connectivity index (χ4n) is 1.23. The van der Waals surface area contributed by atoms with Crippen LogP contribution in [0.2, 0.25) is 0 Å². The summed E-state index contributed by atoms with van der Waals surface area (Å²) in [5, 5.41) is 0. The zero-order chi connectivity index (χ0) is 10.8. The van der Waals surface area contributed by atoms with Gasteiger partial charge in [0.15, 0.2) is 5.78 Å². The molecule has 0 heterocycles. The number of ketones is 2. The molecule has 0 bridgehead atoms. The molecule has 0 fully saturated rings. The SMILES string of the molecule is COC1(OC)C=C(C)C(=O)C=CC1=O. The van der Waals surface area contributed by atoms with Crippen LogP contribution in [0.4, 0.5) is 0 Å². The highest BCUT2D eigenvalue weighted by Gasteiger charge is 2.36. The van der Waals surface area contributed by atoms with E-state index in [1.165, 1.54) is 32.4 Å². The fraction of sp³-hybridized carbons (Fsp3) is 0.400. The molecule has 1 aliphatic carbocycles. The van der Waals surface area contributed by atoms with E-state index < -0.39 is 11.6 Å². The number of hydrogen-bond donors (Lipinski definition) is 0. The minimum Gasteiger partial charge on any atom is -0.344 e. The molecule has 14 heavy (non-hydrogen) atoms. The Morgan fingerprint density at radius 2 is 1.71 bits per heavy atom. The Morgan fingerprint density at radius 3 is 2.21 bits per heavy atom. The normalized spacial score (nSPS) is 20.6. The average Bonchev–Trinajstić information content (AvgIpc) is 2.30. The van der Waals surface area contributed by atoms with Gasteiger partial charge in [-0.15, -0.1) is 0 Å². The van der Waals surface area contributed by atoms with E-state index >= 15 is 0 Å². The monoisotopic (exact) mass is 196 g/mol. The fourth-order valence-corrected chi connectivity index (χ4v) is 1.23. The van der Waals surface area contributed by atoms with E-state index in [0.29, 0.717) is 5.57 Å². The maximum absolute atomic E-state index is 11.6. The van der Waals surface area contributed by atoms with E-state index in [0.717, 1.165) is 0 Å². The summed E-state index contributed by atoms with van der Waals surface area (Å²) >= 11 is 0. The number of methoxy groups -OCH3 is 2. The molecule has 1 aliphatic rings. The molecule has 0 saturated carbocycles. The quantitative estimate of drug-likeness (QED) is 0.608. The maximum Gasteiger partial charge on any atom is 0.253 e. The summed E-state index contributed by atoms with van der Waals surface area (Å²) in [5.74, 6) is -2.06. The number of carbonyl (C=O) groups is 2. The molecule has 0 N–H and O–H groups in total. The van der Waals surface area contributed by atoms with Gasteiger partial charge in [0, 0.05) is 14.2 Å². The highest BCUT2D eigenvalue weighted by atomic mass is 16.7. The summed E-state index contributed by atoms with van der Waals surface area (Å²) in [7, 11) is 2.71. The second-order valence-corrected chi connectivity index (χ2v) is 2.96. The highest BCUT2D eigenvalue weighted by molar-refractivity contribution is 6.11. The molecular formula is C10H12O4. The molecule has 4 nitrogen and oxygen atoms in total. The minimum absolute atomic E-state index is 0.214. The van der Waals surface area contributed by atoms with Gasteiger partial charge in [-0.25, -0.2) is 0 Å². The number of rotatable bonds is 2. The smallest absolute Gasteiger partial charge is 0.253 e. The first-order valence-electron chi connectivity index (χ1n) is 4.12. The van der Waals surface area contributed by atoms with Gasteiger partial charge in [-0.3, -0.25) is 9.59 Å². The van der Waals surface area contributed by atoms with Crippen molar-refractivity contribution in [3.8, 4) is 0 Å². The minimum atomic E-state index is -1.45. The Balaban J connectivity index is 3.23. The van der Waals surface area contributed by atoms with Gasteiger partial charge < -0.3 is 9.47 Å². The van der Waals surface area contributed by atoms with Crippen LogP contribution in [0, 0.1) is 0 Å². The predicted molar refractivity (Wildman–Crippen MR) is 49.7 cm³/mol. The van der Waals surface area contributed by atoms with Crippen LogP contribution >= 0.6 is 0 Å². The van der Waals surface area contributed by atoms with E-state index in [1.54, 1.807) is 6.92 Å². The molecule has 0 saturated heterocycles. The first-order chi connectivity index (χ1) is 6.55. The van der Waals surface area contributed by atoms with Crippen molar-refractivity contribution < 1.29 is 19.1 Å². The third-order valence-electron chi connectivity index (χ3n) is 2.13. The molecule has 0 atom stereocenters. The van der Waals surface area contributed by atoms with Gasteiger partial charge >= 0.3 is 0 Å². The Labute approximate surface area is 82.2 Å². The molecule has 0 aromatic heterocycles. The lowest BCUT2D eigenvalue weighted by molar-refractivity contribution is -0.180. The summed E-state index contributed by atoms with van der Waals surface area (Å²) in [6.07, 6.45) is 3.77. The lowest BCUT2D eigenvalue weighted by atomic mass is 10.1. The maximum atomic E-state index is 11.6. The van der Waals surface area contributed by atoms with Crippen LogP contribution in [0.15, 0.2) is 23.8 Å². The number of ether oxygens (including phenoxy) is 2. The topological polar surface area (TPSA) is 52.6 Å². The zero-order valence-corrected chi connectivity index (χ0v) is 8.37. The van der Waals surface area contributed by atoms with Crippen LogP contribution < -0.4 is 0 Å². The molecule has 0 spiro atoms. The summed E-state index contributed by atoms with van der Waals surface area (Å²) in [6, 6.07) is 0. The van der Waals surface area contributed by atoms with Gasteiger partial charge in [0.05, 0.1) is 0 Å². The molecule has 4 heteroatoms. The van der Waals surface area contributed by atoms with E-state index in [9.17, 15) is 9.59 Å². The number of carbonyl (C=O) groups excluding carboxylic acids is 2. The van der Waals surface area contributed by atoms with Crippen LogP contribution in [0.3, 0.4) is 0 Å². The molecular weight excluding hydrogens is 184 g/mol. The molecule has 0 aliphatic heterocycles. The van der Waals surface area contributed by atoms with Crippen LogP contribution in [0.5, 0.6) is 0 Å². The third kappa shape index (κ3) is 1.66.